The van der Waals surface area contributed by atoms with Crippen molar-refractivity contribution in [3.05, 3.63) is 41.5 Å². The number of phenolic OH excluding ortho intramolecular Hbond substituents is 1. The molecular weight excluding hydrogens is 592 g/mol. The van der Waals surface area contributed by atoms with E-state index in [9.17, 15) is 9.50 Å². The Kier molecular flexibility index (Phi) is 7.10. The van der Waals surface area contributed by atoms with Gasteiger partial charge < -0.3 is 29.5 Å². The van der Waals surface area contributed by atoms with Crippen molar-refractivity contribution in [2.45, 2.75) is 50.7 Å². The number of benzene rings is 2. The third kappa shape index (κ3) is 4.69. The molecule has 1 aliphatic carbocycles. The van der Waals surface area contributed by atoms with Gasteiger partial charge in [-0.1, -0.05) is 18.4 Å². The number of hydrogen-bond acceptors (Lipinski definition) is 9. The van der Waals surface area contributed by atoms with E-state index in [1.807, 2.05) is 0 Å². The number of nitrogens with one attached hydrogen (secondary N) is 1. The molecule has 238 valence electrons. The monoisotopic (exact) mass is 627 g/mol. The predicted octanol–water partition coefficient (Wildman–Crippen LogP) is 5.34. The number of fused-ring (bicyclic) bond motifs is 5. The van der Waals surface area contributed by atoms with Crippen LogP contribution >= 0.6 is 0 Å². The smallest absolute Gasteiger partial charge is 0.319 e. The van der Waals surface area contributed by atoms with Gasteiger partial charge in [-0.3, -0.25) is 0 Å². The first-order valence-corrected chi connectivity index (χ1v) is 16.0. The summed E-state index contributed by atoms with van der Waals surface area (Å²) in [6, 6.07) is 5.92. The summed E-state index contributed by atoms with van der Waals surface area (Å²) in [6.07, 6.45) is 12.1. The van der Waals surface area contributed by atoms with Crippen LogP contribution in [0.1, 0.15) is 44.1 Å². The second-order valence-electron chi connectivity index (χ2n) is 13.1. The van der Waals surface area contributed by atoms with E-state index in [1.54, 1.807) is 0 Å². The Morgan fingerprint density at radius 1 is 1.15 bits per heavy atom. The zero-order valence-corrected chi connectivity index (χ0v) is 25.6. The average Bonchev–Trinajstić information content (AvgIpc) is 3.65. The van der Waals surface area contributed by atoms with Crippen molar-refractivity contribution in [3.8, 4) is 41.2 Å². The molecule has 2 aromatic carbocycles. The summed E-state index contributed by atoms with van der Waals surface area (Å²) >= 11 is 0. The number of rotatable bonds is 6. The Bertz CT molecular complexity index is 1900. The summed E-state index contributed by atoms with van der Waals surface area (Å²) in [5.41, 5.74) is -0.192. The lowest BCUT2D eigenvalue weighted by Gasteiger charge is -2.39. The van der Waals surface area contributed by atoms with Crippen molar-refractivity contribution in [2.24, 2.45) is 11.3 Å². The first kappa shape index (κ1) is 29.2. The van der Waals surface area contributed by atoms with Crippen LogP contribution in [0.5, 0.6) is 17.6 Å². The fourth-order valence-electron chi connectivity index (χ4n) is 8.24. The Hall–Kier alpha value is -4.27. The van der Waals surface area contributed by atoms with Crippen LogP contribution in [0.3, 0.4) is 0 Å². The molecular formula is C35H35F2N5O4. The normalized spacial score (nSPS) is 25.5. The van der Waals surface area contributed by atoms with Crippen molar-refractivity contribution < 1.29 is 28.1 Å². The first-order valence-electron chi connectivity index (χ1n) is 16.0. The number of terminal acetylenes is 1. The number of aromatic nitrogens is 3. The number of halogens is 2. The summed E-state index contributed by atoms with van der Waals surface area (Å²) in [6.45, 7) is 3.33. The fourth-order valence-corrected chi connectivity index (χ4v) is 8.24. The van der Waals surface area contributed by atoms with E-state index >= 15 is 4.39 Å². The minimum absolute atomic E-state index is 0.0232. The quantitative estimate of drug-likeness (QED) is 0.274. The molecule has 4 aromatic rings. The fraction of sp³-hybridized carbons (Fsp3) is 0.457. The average molecular weight is 628 g/mol. The number of anilines is 1. The van der Waals surface area contributed by atoms with Crippen molar-refractivity contribution in [2.75, 3.05) is 44.9 Å². The van der Waals surface area contributed by atoms with Crippen LogP contribution < -0.4 is 19.7 Å². The molecule has 5 heterocycles. The molecule has 11 heteroatoms. The molecule has 0 spiro atoms. The van der Waals surface area contributed by atoms with E-state index in [4.69, 9.17) is 25.6 Å². The van der Waals surface area contributed by atoms with Crippen LogP contribution in [0.2, 0.25) is 0 Å². The van der Waals surface area contributed by atoms with E-state index in [0.29, 0.717) is 54.9 Å². The minimum atomic E-state index is -0.782. The van der Waals surface area contributed by atoms with Gasteiger partial charge in [-0.2, -0.15) is 9.97 Å². The molecule has 2 N–H and O–H groups in total. The molecule has 0 radical (unpaired) electrons. The Morgan fingerprint density at radius 2 is 2.02 bits per heavy atom. The van der Waals surface area contributed by atoms with Gasteiger partial charge in [-0.25, -0.2) is 13.8 Å². The Balaban J connectivity index is 1.32. The highest BCUT2D eigenvalue weighted by Gasteiger charge is 2.45. The highest BCUT2D eigenvalue weighted by molar-refractivity contribution is 6.04. The van der Waals surface area contributed by atoms with Crippen LogP contribution in [0.15, 0.2) is 24.3 Å². The molecule has 0 amide bonds. The number of phenols is 1. The first-order chi connectivity index (χ1) is 22.4. The zero-order valence-electron chi connectivity index (χ0n) is 25.6. The minimum Gasteiger partial charge on any atom is -0.508 e. The van der Waals surface area contributed by atoms with Gasteiger partial charge in [-0.05, 0) is 62.2 Å². The van der Waals surface area contributed by atoms with Gasteiger partial charge in [0.15, 0.2) is 5.82 Å². The number of pyridine rings is 1. The summed E-state index contributed by atoms with van der Waals surface area (Å²) in [7, 11) is 1.45. The molecule has 4 atom stereocenters. The van der Waals surface area contributed by atoms with Crippen LogP contribution in [-0.4, -0.2) is 72.2 Å². The van der Waals surface area contributed by atoms with Gasteiger partial charge in [-0.15, -0.1) is 6.42 Å². The lowest BCUT2D eigenvalue weighted by molar-refractivity contribution is 0.0798. The molecule has 9 nitrogen and oxygen atoms in total. The lowest BCUT2D eigenvalue weighted by Crippen LogP contribution is -2.49. The number of piperidine rings is 2. The van der Waals surface area contributed by atoms with Gasteiger partial charge >= 0.3 is 6.01 Å². The molecule has 4 aliphatic rings. The van der Waals surface area contributed by atoms with E-state index in [0.717, 1.165) is 45.1 Å². The zero-order chi connectivity index (χ0) is 31.6. The third-order valence-electron chi connectivity index (χ3n) is 10.4. The lowest BCUT2D eigenvalue weighted by atomic mass is 9.76. The van der Waals surface area contributed by atoms with Crippen LogP contribution in [0, 0.1) is 35.3 Å². The van der Waals surface area contributed by atoms with Crippen LogP contribution in [0.4, 0.5) is 14.6 Å². The highest BCUT2D eigenvalue weighted by Crippen LogP contribution is 2.46. The van der Waals surface area contributed by atoms with Gasteiger partial charge in [0, 0.05) is 41.4 Å². The molecule has 1 saturated carbocycles. The molecule has 3 aliphatic heterocycles. The number of aromatic hydroxyl groups is 1. The van der Waals surface area contributed by atoms with Gasteiger partial charge in [0.2, 0.25) is 5.88 Å². The second-order valence-corrected chi connectivity index (χ2v) is 13.1. The van der Waals surface area contributed by atoms with E-state index < -0.39 is 11.6 Å². The SMILES string of the molecule is C#Cc1c(F)ccc2cc(O)cc(-c3nc(OC)c4c(N5CC6COC(C6)C5)nc(OC[C@@]56CCCN[C@@H]5CCC6)nc4c3F)c12. The molecule has 4 fully saturated rings. The summed E-state index contributed by atoms with van der Waals surface area (Å²) in [4.78, 5) is 16.2. The summed E-state index contributed by atoms with van der Waals surface area (Å²) in [5.74, 6) is 1.69. The molecule has 2 bridgehead atoms. The van der Waals surface area contributed by atoms with Gasteiger partial charge in [0.1, 0.15) is 34.0 Å². The van der Waals surface area contributed by atoms with E-state index in [2.05, 4.69) is 26.1 Å². The number of methoxy groups -OCH3 is 1. The predicted molar refractivity (Wildman–Crippen MR) is 169 cm³/mol. The largest absolute Gasteiger partial charge is 0.508 e. The topological polar surface area (TPSA) is 102 Å². The van der Waals surface area contributed by atoms with Crippen LogP contribution in [-0.2, 0) is 4.74 Å². The van der Waals surface area contributed by atoms with E-state index in [-0.39, 0.29) is 56.9 Å². The van der Waals surface area contributed by atoms with Gasteiger partial charge in [0.05, 0.1) is 32.0 Å². The Labute approximate surface area is 265 Å². The molecule has 2 unspecified atom stereocenters. The molecule has 8 rings (SSSR count). The van der Waals surface area contributed by atoms with Crippen molar-refractivity contribution >= 4 is 27.5 Å². The molecule has 3 saturated heterocycles. The summed E-state index contributed by atoms with van der Waals surface area (Å²) < 4.78 is 50.1. The maximum atomic E-state index is 17.0. The van der Waals surface area contributed by atoms with Crippen LogP contribution in [0.25, 0.3) is 32.9 Å². The molecule has 2 aromatic heterocycles. The van der Waals surface area contributed by atoms with Crippen molar-refractivity contribution in [1.29, 1.82) is 0 Å². The third-order valence-corrected chi connectivity index (χ3v) is 10.4. The number of ether oxygens (including phenoxy) is 3. The standard InChI is InChI=1S/C35H35F2N5O4/c1-3-23-25(36)8-7-20-13-21(43)14-24(27(20)23)30-29(37)31-28(33(39-30)44-2)32(42-15-19-12-22(16-42)45-17-19)41-34(40-31)46-18-35-9-4-6-26(35)38-11-5-10-35/h1,7-8,13-14,19,22,26,38,43H,4-6,9-12,15-18H2,2H3/t19?,22?,26-,35-/m1/s1. The maximum Gasteiger partial charge on any atom is 0.319 e. The number of nitrogens with zero attached hydrogens (tertiary/aromatic N) is 4. The summed E-state index contributed by atoms with van der Waals surface area (Å²) in [5, 5.41) is 15.3. The molecule has 46 heavy (non-hydrogen) atoms. The van der Waals surface area contributed by atoms with Gasteiger partial charge in [0.25, 0.3) is 0 Å². The van der Waals surface area contributed by atoms with E-state index in [1.165, 1.54) is 31.4 Å². The Morgan fingerprint density at radius 3 is 2.85 bits per heavy atom. The van der Waals surface area contributed by atoms with Crippen molar-refractivity contribution in [1.82, 2.24) is 20.3 Å². The second kappa shape index (κ2) is 11.2. The van der Waals surface area contributed by atoms with Crippen molar-refractivity contribution in [3.63, 3.8) is 0 Å². The maximum absolute atomic E-state index is 17.0. The highest BCUT2D eigenvalue weighted by atomic mass is 19.1. The number of hydrogen-bond donors (Lipinski definition) is 2.